The Balaban J connectivity index is 2.24. The number of nitriles is 1. The Morgan fingerprint density at radius 3 is 2.60 bits per heavy atom. The van der Waals surface area contributed by atoms with Crippen molar-refractivity contribution in [2.75, 3.05) is 0 Å². The molecule has 0 aliphatic rings. The van der Waals surface area contributed by atoms with Gasteiger partial charge in [0.05, 0.1) is 5.56 Å². The van der Waals surface area contributed by atoms with Crippen LogP contribution in [-0.2, 0) is 6.61 Å². The lowest BCUT2D eigenvalue weighted by Gasteiger charge is -2.10. The van der Waals surface area contributed by atoms with Crippen LogP contribution in [0.4, 0.5) is 0 Å². The van der Waals surface area contributed by atoms with E-state index in [-0.39, 0.29) is 5.78 Å². The van der Waals surface area contributed by atoms with Gasteiger partial charge in [0, 0.05) is 9.13 Å². The summed E-state index contributed by atoms with van der Waals surface area (Å²) in [4.78, 5) is 11.5. The molecule has 4 heteroatoms. The lowest BCUT2D eigenvalue weighted by molar-refractivity contribution is 0.101. The number of rotatable bonds is 4. The van der Waals surface area contributed by atoms with Gasteiger partial charge in [-0.05, 0) is 47.2 Å². The van der Waals surface area contributed by atoms with E-state index in [2.05, 4.69) is 28.7 Å². The molecule has 0 aliphatic heterocycles. The van der Waals surface area contributed by atoms with Crippen LogP contribution in [0.5, 0.6) is 5.75 Å². The van der Waals surface area contributed by atoms with E-state index in [1.807, 2.05) is 30.3 Å². The normalized spacial score (nSPS) is 9.85. The highest BCUT2D eigenvalue weighted by Crippen LogP contribution is 2.25. The van der Waals surface area contributed by atoms with Crippen molar-refractivity contribution in [3.05, 3.63) is 62.7 Å². The van der Waals surface area contributed by atoms with Crippen molar-refractivity contribution in [2.24, 2.45) is 0 Å². The quantitative estimate of drug-likeness (QED) is 0.599. The summed E-state index contributed by atoms with van der Waals surface area (Å²) in [6.45, 7) is 1.89. The Morgan fingerprint density at radius 1 is 1.30 bits per heavy atom. The third-order valence-electron chi connectivity index (χ3n) is 2.78. The predicted octanol–water partition coefficient (Wildman–Crippen LogP) is 3.94. The highest BCUT2D eigenvalue weighted by atomic mass is 127. The monoisotopic (exact) mass is 377 g/mol. The maximum atomic E-state index is 11.5. The van der Waals surface area contributed by atoms with Gasteiger partial charge in [-0.15, -0.1) is 0 Å². The van der Waals surface area contributed by atoms with Crippen LogP contribution in [0.25, 0.3) is 0 Å². The van der Waals surface area contributed by atoms with E-state index in [0.717, 1.165) is 9.13 Å². The first-order valence-electron chi connectivity index (χ1n) is 6.03. The molecule has 0 bridgehead atoms. The number of nitrogens with zero attached hydrogens (tertiary/aromatic N) is 1. The standard InChI is InChI=1S/C16H12INO2/c1-11(19)16-13(9-18)7-14(8-15(16)17)20-10-12-5-3-2-4-6-12/h2-8H,10H2,1H3. The third kappa shape index (κ3) is 3.36. The summed E-state index contributed by atoms with van der Waals surface area (Å²) in [7, 11) is 0. The van der Waals surface area contributed by atoms with Gasteiger partial charge in [-0.25, -0.2) is 0 Å². The van der Waals surface area contributed by atoms with Crippen molar-refractivity contribution < 1.29 is 9.53 Å². The van der Waals surface area contributed by atoms with Gasteiger partial charge in [0.25, 0.3) is 0 Å². The minimum absolute atomic E-state index is 0.111. The zero-order valence-electron chi connectivity index (χ0n) is 10.9. The maximum absolute atomic E-state index is 11.5. The van der Waals surface area contributed by atoms with E-state index in [9.17, 15) is 4.79 Å². The fourth-order valence-corrected chi connectivity index (χ4v) is 2.83. The summed E-state index contributed by atoms with van der Waals surface area (Å²) >= 11 is 2.05. The van der Waals surface area contributed by atoms with E-state index < -0.39 is 0 Å². The van der Waals surface area contributed by atoms with E-state index in [1.54, 1.807) is 12.1 Å². The van der Waals surface area contributed by atoms with Crippen molar-refractivity contribution >= 4 is 28.4 Å². The number of hydrogen-bond acceptors (Lipinski definition) is 3. The third-order valence-corrected chi connectivity index (χ3v) is 3.64. The molecular weight excluding hydrogens is 365 g/mol. The van der Waals surface area contributed by atoms with E-state index >= 15 is 0 Å². The van der Waals surface area contributed by atoms with Crippen molar-refractivity contribution in [2.45, 2.75) is 13.5 Å². The first-order valence-corrected chi connectivity index (χ1v) is 7.11. The molecule has 0 saturated carbocycles. The summed E-state index contributed by atoms with van der Waals surface area (Å²) in [5, 5.41) is 9.14. The second-order valence-electron chi connectivity index (χ2n) is 4.27. The second-order valence-corrected chi connectivity index (χ2v) is 5.43. The largest absolute Gasteiger partial charge is 0.489 e. The lowest BCUT2D eigenvalue weighted by atomic mass is 10.1. The van der Waals surface area contributed by atoms with E-state index in [1.165, 1.54) is 6.92 Å². The Kier molecular flexibility index (Phi) is 4.74. The predicted molar refractivity (Wildman–Crippen MR) is 84.7 cm³/mol. The fraction of sp³-hybridized carbons (Fsp3) is 0.125. The smallest absolute Gasteiger partial charge is 0.162 e. The molecule has 0 atom stereocenters. The minimum Gasteiger partial charge on any atom is -0.489 e. The van der Waals surface area contributed by atoms with E-state index in [4.69, 9.17) is 10.00 Å². The SMILES string of the molecule is CC(=O)c1c(I)cc(OCc2ccccc2)cc1C#N. The summed E-state index contributed by atoms with van der Waals surface area (Å²) in [6.07, 6.45) is 0. The Labute approximate surface area is 131 Å². The van der Waals surface area contributed by atoms with Gasteiger partial charge in [-0.2, -0.15) is 5.26 Å². The molecule has 0 aliphatic carbocycles. The van der Waals surface area contributed by atoms with Crippen LogP contribution in [0.15, 0.2) is 42.5 Å². The van der Waals surface area contributed by atoms with Crippen LogP contribution < -0.4 is 4.74 Å². The number of carbonyl (C=O) groups excluding carboxylic acids is 1. The Hall–Kier alpha value is -1.87. The minimum atomic E-state index is -0.111. The molecule has 0 unspecified atom stereocenters. The first-order chi connectivity index (χ1) is 9.61. The van der Waals surface area contributed by atoms with Gasteiger partial charge < -0.3 is 4.74 Å². The number of halogens is 1. The van der Waals surface area contributed by atoms with Crippen LogP contribution in [0.1, 0.15) is 28.4 Å². The fourth-order valence-electron chi connectivity index (χ4n) is 1.85. The highest BCUT2D eigenvalue weighted by molar-refractivity contribution is 14.1. The molecule has 100 valence electrons. The second kappa shape index (κ2) is 6.53. The van der Waals surface area contributed by atoms with Gasteiger partial charge in [-0.3, -0.25) is 4.79 Å². The molecule has 0 spiro atoms. The van der Waals surface area contributed by atoms with Crippen LogP contribution in [0, 0.1) is 14.9 Å². The molecule has 0 N–H and O–H groups in total. The molecule has 0 radical (unpaired) electrons. The van der Waals surface area contributed by atoms with Crippen LogP contribution in [0.2, 0.25) is 0 Å². The molecule has 2 aromatic rings. The molecule has 0 amide bonds. The van der Waals surface area contributed by atoms with Gasteiger partial charge in [0.2, 0.25) is 0 Å². The molecule has 0 heterocycles. The molecule has 2 rings (SSSR count). The number of ketones is 1. The average molecular weight is 377 g/mol. The molecule has 0 aromatic heterocycles. The van der Waals surface area contributed by atoms with Gasteiger partial charge in [0.1, 0.15) is 18.4 Å². The van der Waals surface area contributed by atoms with Crippen molar-refractivity contribution in [1.82, 2.24) is 0 Å². The zero-order chi connectivity index (χ0) is 14.5. The number of benzene rings is 2. The topological polar surface area (TPSA) is 50.1 Å². The molecule has 2 aromatic carbocycles. The number of Topliss-reactive ketones (excluding diaryl/α,β-unsaturated/α-hetero) is 1. The average Bonchev–Trinajstić information content (AvgIpc) is 2.45. The lowest BCUT2D eigenvalue weighted by Crippen LogP contribution is -2.03. The summed E-state index contributed by atoms with van der Waals surface area (Å²) in [5.41, 5.74) is 1.87. The van der Waals surface area contributed by atoms with Crippen LogP contribution >= 0.6 is 22.6 Å². The molecule has 3 nitrogen and oxygen atoms in total. The maximum Gasteiger partial charge on any atom is 0.162 e. The summed E-state index contributed by atoms with van der Waals surface area (Å²) in [6, 6.07) is 15.2. The number of ether oxygens (including phenoxy) is 1. The molecular formula is C16H12INO2. The Morgan fingerprint density at radius 2 is 2.00 bits per heavy atom. The summed E-state index contributed by atoms with van der Waals surface area (Å²) < 4.78 is 6.42. The van der Waals surface area contributed by atoms with Crippen LogP contribution in [0.3, 0.4) is 0 Å². The van der Waals surface area contributed by atoms with Crippen LogP contribution in [-0.4, -0.2) is 5.78 Å². The molecule has 20 heavy (non-hydrogen) atoms. The first kappa shape index (κ1) is 14.5. The van der Waals surface area contributed by atoms with Gasteiger partial charge in [0.15, 0.2) is 5.78 Å². The van der Waals surface area contributed by atoms with Crippen molar-refractivity contribution in [3.8, 4) is 11.8 Å². The molecule has 0 fully saturated rings. The Bertz CT molecular complexity index is 675. The molecule has 0 saturated heterocycles. The summed E-state index contributed by atoms with van der Waals surface area (Å²) in [5.74, 6) is 0.486. The van der Waals surface area contributed by atoms with Crippen molar-refractivity contribution in [3.63, 3.8) is 0 Å². The van der Waals surface area contributed by atoms with Gasteiger partial charge in [-0.1, -0.05) is 30.3 Å². The van der Waals surface area contributed by atoms with Crippen molar-refractivity contribution in [1.29, 1.82) is 5.26 Å². The zero-order valence-corrected chi connectivity index (χ0v) is 13.0. The number of carbonyl (C=O) groups is 1. The number of hydrogen-bond donors (Lipinski definition) is 0. The highest BCUT2D eigenvalue weighted by Gasteiger charge is 2.13. The van der Waals surface area contributed by atoms with E-state index in [0.29, 0.717) is 23.5 Å². The van der Waals surface area contributed by atoms with Gasteiger partial charge >= 0.3 is 0 Å².